The van der Waals surface area contributed by atoms with Crippen molar-refractivity contribution < 1.29 is 4.79 Å². The molecule has 1 aromatic carbocycles. The predicted octanol–water partition coefficient (Wildman–Crippen LogP) is 2.34. The van der Waals surface area contributed by atoms with Gasteiger partial charge in [-0.15, -0.1) is 0 Å². The van der Waals surface area contributed by atoms with Crippen LogP contribution in [0.5, 0.6) is 0 Å². The highest BCUT2D eigenvalue weighted by Gasteiger charge is 2.23. The Kier molecular flexibility index (Phi) is 4.02. The summed E-state index contributed by atoms with van der Waals surface area (Å²) < 4.78 is 0. The molecule has 17 heavy (non-hydrogen) atoms. The molecule has 1 aliphatic carbocycles. The average Bonchev–Trinajstić information content (AvgIpc) is 2.33. The van der Waals surface area contributed by atoms with Gasteiger partial charge in [-0.25, -0.2) is 0 Å². The van der Waals surface area contributed by atoms with E-state index >= 15 is 0 Å². The second kappa shape index (κ2) is 5.52. The van der Waals surface area contributed by atoms with Gasteiger partial charge in [-0.1, -0.05) is 24.4 Å². The third kappa shape index (κ3) is 3.20. The normalized spacial score (nSPS) is 24.4. The molecule has 3 N–H and O–H groups in total. The van der Waals surface area contributed by atoms with E-state index in [1.165, 1.54) is 0 Å². The topological polar surface area (TPSA) is 55.1 Å². The Balaban J connectivity index is 1.98. The lowest BCUT2D eigenvalue weighted by Crippen LogP contribution is -2.49. The molecule has 0 saturated heterocycles. The van der Waals surface area contributed by atoms with Crippen LogP contribution in [0.4, 0.5) is 0 Å². The Labute approximate surface area is 106 Å². The van der Waals surface area contributed by atoms with E-state index in [1.807, 2.05) is 0 Å². The van der Waals surface area contributed by atoms with Gasteiger partial charge in [0, 0.05) is 22.7 Å². The number of amides is 1. The lowest BCUT2D eigenvalue weighted by molar-refractivity contribution is 0.0921. The minimum absolute atomic E-state index is 0.0657. The number of carbonyl (C=O) groups excluding carboxylic acids is 1. The fourth-order valence-corrected chi connectivity index (χ4v) is 2.32. The molecular formula is C13H17ClN2O. The fraction of sp³-hybridized carbons (Fsp3) is 0.462. The van der Waals surface area contributed by atoms with Gasteiger partial charge in [0.2, 0.25) is 0 Å². The molecule has 1 saturated carbocycles. The van der Waals surface area contributed by atoms with Crippen molar-refractivity contribution in [3.63, 3.8) is 0 Å². The molecule has 1 amide bonds. The number of hydrogen-bond acceptors (Lipinski definition) is 2. The highest BCUT2D eigenvalue weighted by molar-refractivity contribution is 6.30. The maximum absolute atomic E-state index is 12.0. The minimum atomic E-state index is -0.0657. The van der Waals surface area contributed by atoms with Crippen LogP contribution in [0, 0.1) is 0 Å². The van der Waals surface area contributed by atoms with Crippen LogP contribution in [-0.4, -0.2) is 18.0 Å². The molecule has 0 radical (unpaired) electrons. The summed E-state index contributed by atoms with van der Waals surface area (Å²) in [7, 11) is 0. The molecule has 2 rings (SSSR count). The zero-order valence-electron chi connectivity index (χ0n) is 9.66. The standard InChI is InChI=1S/C13H17ClN2O/c14-10-7-5-9(6-8-10)13(17)16-12-4-2-1-3-11(12)15/h5-8,11-12H,1-4,15H2,(H,16,17). The zero-order valence-corrected chi connectivity index (χ0v) is 10.4. The lowest BCUT2D eigenvalue weighted by atomic mass is 9.91. The summed E-state index contributed by atoms with van der Waals surface area (Å²) in [5, 5.41) is 3.63. The van der Waals surface area contributed by atoms with Crippen molar-refractivity contribution in [1.82, 2.24) is 5.32 Å². The van der Waals surface area contributed by atoms with Gasteiger partial charge in [-0.05, 0) is 37.1 Å². The zero-order chi connectivity index (χ0) is 12.3. The summed E-state index contributed by atoms with van der Waals surface area (Å²) in [6, 6.07) is 7.08. The fourth-order valence-electron chi connectivity index (χ4n) is 2.19. The van der Waals surface area contributed by atoms with Crippen LogP contribution in [0.25, 0.3) is 0 Å². The van der Waals surface area contributed by atoms with Gasteiger partial charge in [-0.2, -0.15) is 0 Å². The largest absolute Gasteiger partial charge is 0.348 e. The van der Waals surface area contributed by atoms with E-state index in [0.717, 1.165) is 25.7 Å². The molecular weight excluding hydrogens is 236 g/mol. The van der Waals surface area contributed by atoms with E-state index in [-0.39, 0.29) is 18.0 Å². The second-order valence-electron chi connectivity index (χ2n) is 4.54. The number of benzene rings is 1. The summed E-state index contributed by atoms with van der Waals surface area (Å²) in [5.41, 5.74) is 6.63. The third-order valence-corrected chi connectivity index (χ3v) is 3.49. The number of nitrogens with two attached hydrogens (primary N) is 1. The first-order valence-electron chi connectivity index (χ1n) is 5.99. The highest BCUT2D eigenvalue weighted by Crippen LogP contribution is 2.17. The van der Waals surface area contributed by atoms with E-state index in [2.05, 4.69) is 5.32 Å². The van der Waals surface area contributed by atoms with Gasteiger partial charge in [0.05, 0.1) is 0 Å². The van der Waals surface area contributed by atoms with Crippen LogP contribution in [0.1, 0.15) is 36.0 Å². The minimum Gasteiger partial charge on any atom is -0.348 e. The van der Waals surface area contributed by atoms with Crippen molar-refractivity contribution in [1.29, 1.82) is 0 Å². The Morgan fingerprint density at radius 1 is 1.24 bits per heavy atom. The molecule has 0 heterocycles. The molecule has 4 heteroatoms. The smallest absolute Gasteiger partial charge is 0.251 e. The first-order valence-corrected chi connectivity index (χ1v) is 6.36. The Morgan fingerprint density at radius 3 is 2.53 bits per heavy atom. The molecule has 2 unspecified atom stereocenters. The maximum atomic E-state index is 12.0. The van der Waals surface area contributed by atoms with Crippen molar-refractivity contribution in [2.75, 3.05) is 0 Å². The predicted molar refractivity (Wildman–Crippen MR) is 69.1 cm³/mol. The van der Waals surface area contributed by atoms with Gasteiger partial charge in [-0.3, -0.25) is 4.79 Å². The first kappa shape index (κ1) is 12.4. The van der Waals surface area contributed by atoms with Crippen LogP contribution < -0.4 is 11.1 Å². The van der Waals surface area contributed by atoms with Crippen LogP contribution in [0.2, 0.25) is 5.02 Å². The number of hydrogen-bond donors (Lipinski definition) is 2. The van der Waals surface area contributed by atoms with Crippen molar-refractivity contribution in [3.8, 4) is 0 Å². The molecule has 3 nitrogen and oxygen atoms in total. The summed E-state index contributed by atoms with van der Waals surface area (Å²) in [5.74, 6) is -0.0657. The van der Waals surface area contributed by atoms with Gasteiger partial charge >= 0.3 is 0 Å². The highest BCUT2D eigenvalue weighted by atomic mass is 35.5. The van der Waals surface area contributed by atoms with E-state index in [1.54, 1.807) is 24.3 Å². The van der Waals surface area contributed by atoms with Crippen molar-refractivity contribution in [2.24, 2.45) is 5.73 Å². The maximum Gasteiger partial charge on any atom is 0.251 e. The monoisotopic (exact) mass is 252 g/mol. The summed E-state index contributed by atoms with van der Waals surface area (Å²) in [6.45, 7) is 0. The summed E-state index contributed by atoms with van der Waals surface area (Å²) in [4.78, 5) is 12.0. The van der Waals surface area contributed by atoms with E-state index in [4.69, 9.17) is 17.3 Å². The van der Waals surface area contributed by atoms with E-state index < -0.39 is 0 Å². The average molecular weight is 253 g/mol. The van der Waals surface area contributed by atoms with Gasteiger partial charge in [0.15, 0.2) is 0 Å². The van der Waals surface area contributed by atoms with Crippen LogP contribution in [0.15, 0.2) is 24.3 Å². The van der Waals surface area contributed by atoms with Crippen molar-refractivity contribution in [3.05, 3.63) is 34.9 Å². The molecule has 1 aliphatic rings. The van der Waals surface area contributed by atoms with Crippen LogP contribution >= 0.6 is 11.6 Å². The third-order valence-electron chi connectivity index (χ3n) is 3.24. The Hall–Kier alpha value is -1.06. The number of halogens is 1. The second-order valence-corrected chi connectivity index (χ2v) is 4.97. The first-order chi connectivity index (χ1) is 8.16. The van der Waals surface area contributed by atoms with Gasteiger partial charge in [0.25, 0.3) is 5.91 Å². The Morgan fingerprint density at radius 2 is 1.88 bits per heavy atom. The molecule has 1 aromatic rings. The van der Waals surface area contributed by atoms with Crippen molar-refractivity contribution in [2.45, 2.75) is 37.8 Å². The van der Waals surface area contributed by atoms with E-state index in [0.29, 0.717) is 10.6 Å². The molecule has 2 atom stereocenters. The SMILES string of the molecule is NC1CCCCC1NC(=O)c1ccc(Cl)cc1. The molecule has 1 fully saturated rings. The lowest BCUT2D eigenvalue weighted by Gasteiger charge is -2.29. The summed E-state index contributed by atoms with van der Waals surface area (Å²) in [6.07, 6.45) is 4.26. The number of nitrogens with one attached hydrogen (secondary N) is 1. The molecule has 92 valence electrons. The van der Waals surface area contributed by atoms with Gasteiger partial charge in [0.1, 0.15) is 0 Å². The molecule has 0 bridgehead atoms. The molecule has 0 aliphatic heterocycles. The van der Waals surface area contributed by atoms with Crippen LogP contribution in [0.3, 0.4) is 0 Å². The Bertz CT molecular complexity index is 391. The summed E-state index contributed by atoms with van der Waals surface area (Å²) >= 11 is 5.78. The molecule has 0 aromatic heterocycles. The number of carbonyl (C=O) groups is 1. The quantitative estimate of drug-likeness (QED) is 0.849. The number of rotatable bonds is 2. The van der Waals surface area contributed by atoms with E-state index in [9.17, 15) is 4.79 Å². The van der Waals surface area contributed by atoms with Crippen molar-refractivity contribution >= 4 is 17.5 Å². The van der Waals surface area contributed by atoms with Gasteiger partial charge < -0.3 is 11.1 Å². The van der Waals surface area contributed by atoms with Crippen LogP contribution in [-0.2, 0) is 0 Å². The molecule has 0 spiro atoms.